The van der Waals surface area contributed by atoms with Gasteiger partial charge in [-0.2, -0.15) is 0 Å². The second-order valence-electron chi connectivity index (χ2n) is 5.27. The Morgan fingerprint density at radius 1 is 1.00 bits per heavy atom. The second-order valence-corrected chi connectivity index (χ2v) is 5.27. The van der Waals surface area contributed by atoms with Crippen LogP contribution in [0.4, 0.5) is 5.82 Å². The molecule has 20 heavy (non-hydrogen) atoms. The van der Waals surface area contributed by atoms with E-state index in [9.17, 15) is 0 Å². The van der Waals surface area contributed by atoms with Crippen molar-refractivity contribution in [1.29, 1.82) is 0 Å². The van der Waals surface area contributed by atoms with Crippen molar-refractivity contribution in [2.75, 3.05) is 5.73 Å². The third-order valence-corrected chi connectivity index (χ3v) is 3.46. The summed E-state index contributed by atoms with van der Waals surface area (Å²) >= 11 is 0. The highest BCUT2D eigenvalue weighted by Gasteiger charge is 2.05. The zero-order chi connectivity index (χ0) is 14.1. The summed E-state index contributed by atoms with van der Waals surface area (Å²) in [5.74, 6) is 1.05. The van der Waals surface area contributed by atoms with Gasteiger partial charge in [0.05, 0.1) is 11.2 Å². The third-order valence-electron chi connectivity index (χ3n) is 3.46. The van der Waals surface area contributed by atoms with Crippen LogP contribution in [0.25, 0.3) is 22.2 Å². The van der Waals surface area contributed by atoms with Crippen molar-refractivity contribution in [2.45, 2.75) is 19.8 Å². The van der Waals surface area contributed by atoms with E-state index >= 15 is 0 Å². The molecular formula is C17H17N3. The molecule has 3 rings (SSSR count). The summed E-state index contributed by atoms with van der Waals surface area (Å²) in [4.78, 5) is 8.78. The Balaban J connectivity index is 2.10. The largest absolute Gasteiger partial charge is 0.384 e. The van der Waals surface area contributed by atoms with Crippen LogP contribution in [0, 0.1) is 0 Å². The Bertz CT molecular complexity index is 763. The lowest BCUT2D eigenvalue weighted by Gasteiger charge is -2.08. The van der Waals surface area contributed by atoms with Gasteiger partial charge in [-0.1, -0.05) is 19.9 Å². The predicted octanol–water partition coefficient (Wildman–Crippen LogP) is 4.00. The van der Waals surface area contributed by atoms with Gasteiger partial charge in [0, 0.05) is 17.1 Å². The normalized spacial score (nSPS) is 11.2. The van der Waals surface area contributed by atoms with E-state index in [2.05, 4.69) is 42.0 Å². The zero-order valence-electron chi connectivity index (χ0n) is 11.7. The fourth-order valence-corrected chi connectivity index (χ4v) is 2.26. The van der Waals surface area contributed by atoms with Crippen molar-refractivity contribution >= 4 is 16.7 Å². The summed E-state index contributed by atoms with van der Waals surface area (Å²) in [6, 6.07) is 14.2. The van der Waals surface area contributed by atoms with Crippen molar-refractivity contribution in [3.63, 3.8) is 0 Å². The molecule has 0 aliphatic heterocycles. The Kier molecular flexibility index (Phi) is 3.11. The molecule has 3 aromatic rings. The average molecular weight is 263 g/mol. The molecule has 0 aliphatic rings. The maximum Gasteiger partial charge on any atom is 0.124 e. The number of nitrogens with two attached hydrogens (primary N) is 1. The molecule has 100 valence electrons. The number of nitrogens with zero attached hydrogens (tertiary/aromatic N) is 2. The third kappa shape index (κ3) is 2.35. The lowest BCUT2D eigenvalue weighted by molar-refractivity contribution is 0.864. The fraction of sp³-hybridized carbons (Fsp3) is 0.176. The molecule has 2 N–H and O–H groups in total. The highest BCUT2D eigenvalue weighted by Crippen LogP contribution is 2.25. The molecule has 3 nitrogen and oxygen atoms in total. The van der Waals surface area contributed by atoms with Crippen LogP contribution in [0.15, 0.2) is 48.7 Å². The van der Waals surface area contributed by atoms with Gasteiger partial charge >= 0.3 is 0 Å². The summed E-state index contributed by atoms with van der Waals surface area (Å²) in [6.45, 7) is 4.37. The quantitative estimate of drug-likeness (QED) is 0.760. The van der Waals surface area contributed by atoms with Crippen LogP contribution < -0.4 is 5.73 Å². The van der Waals surface area contributed by atoms with Gasteiger partial charge in [-0.25, -0.2) is 4.98 Å². The highest BCUT2D eigenvalue weighted by atomic mass is 14.8. The zero-order valence-corrected chi connectivity index (χ0v) is 11.7. The van der Waals surface area contributed by atoms with Crippen molar-refractivity contribution in [2.24, 2.45) is 0 Å². The first-order valence-electron chi connectivity index (χ1n) is 6.76. The lowest BCUT2D eigenvalue weighted by Crippen LogP contribution is -1.92. The molecule has 0 atom stereocenters. The van der Waals surface area contributed by atoms with Gasteiger partial charge in [0.25, 0.3) is 0 Å². The Morgan fingerprint density at radius 3 is 2.65 bits per heavy atom. The van der Waals surface area contributed by atoms with E-state index in [0.29, 0.717) is 11.7 Å². The van der Waals surface area contributed by atoms with Gasteiger partial charge in [-0.05, 0) is 47.9 Å². The number of rotatable bonds is 2. The fourth-order valence-electron chi connectivity index (χ4n) is 2.26. The smallest absolute Gasteiger partial charge is 0.124 e. The Morgan fingerprint density at radius 2 is 1.85 bits per heavy atom. The van der Waals surface area contributed by atoms with E-state index in [1.54, 1.807) is 0 Å². The second kappa shape index (κ2) is 4.93. The summed E-state index contributed by atoms with van der Waals surface area (Å²) < 4.78 is 0. The van der Waals surface area contributed by atoms with Crippen molar-refractivity contribution in [3.8, 4) is 11.3 Å². The molecule has 0 radical (unpaired) electrons. The van der Waals surface area contributed by atoms with Gasteiger partial charge in [0.15, 0.2) is 0 Å². The maximum absolute atomic E-state index is 5.70. The molecular weight excluding hydrogens is 246 g/mol. The van der Waals surface area contributed by atoms with Crippen LogP contribution >= 0.6 is 0 Å². The minimum absolute atomic E-state index is 0.499. The minimum Gasteiger partial charge on any atom is -0.384 e. The molecule has 2 aromatic heterocycles. The number of aromatic nitrogens is 2. The van der Waals surface area contributed by atoms with Crippen molar-refractivity contribution in [3.05, 3.63) is 54.2 Å². The molecule has 1 aromatic carbocycles. The number of nitrogen functional groups attached to an aromatic ring is 1. The number of anilines is 1. The predicted molar refractivity (Wildman–Crippen MR) is 83.5 cm³/mol. The van der Waals surface area contributed by atoms with E-state index in [1.165, 1.54) is 5.56 Å². The first kappa shape index (κ1) is 12.6. The first-order chi connectivity index (χ1) is 9.63. The SMILES string of the molecule is CC(C)c1ccnc(-c2ccc3nc(N)ccc3c2)c1. The number of hydrogen-bond donors (Lipinski definition) is 1. The van der Waals surface area contributed by atoms with Crippen LogP contribution in [0.2, 0.25) is 0 Å². The Labute approximate surface area is 118 Å². The van der Waals surface area contributed by atoms with Crippen LogP contribution in [-0.2, 0) is 0 Å². The van der Waals surface area contributed by atoms with Gasteiger partial charge in [-0.3, -0.25) is 4.98 Å². The van der Waals surface area contributed by atoms with Gasteiger partial charge < -0.3 is 5.73 Å². The highest BCUT2D eigenvalue weighted by molar-refractivity contribution is 5.84. The number of benzene rings is 1. The monoisotopic (exact) mass is 263 g/mol. The van der Waals surface area contributed by atoms with Gasteiger partial charge in [0.2, 0.25) is 0 Å². The van der Waals surface area contributed by atoms with Crippen LogP contribution in [0.3, 0.4) is 0 Å². The first-order valence-corrected chi connectivity index (χ1v) is 6.76. The lowest BCUT2D eigenvalue weighted by atomic mass is 10.0. The molecule has 0 spiro atoms. The summed E-state index contributed by atoms with van der Waals surface area (Å²) in [5.41, 5.74) is 10.0. The molecule has 3 heteroatoms. The van der Waals surface area contributed by atoms with Crippen molar-refractivity contribution in [1.82, 2.24) is 9.97 Å². The van der Waals surface area contributed by atoms with E-state index in [0.717, 1.165) is 22.2 Å². The maximum atomic E-state index is 5.70. The number of fused-ring (bicyclic) bond motifs is 1. The number of hydrogen-bond acceptors (Lipinski definition) is 3. The molecule has 0 unspecified atom stereocenters. The van der Waals surface area contributed by atoms with Gasteiger partial charge in [-0.15, -0.1) is 0 Å². The van der Waals surface area contributed by atoms with Gasteiger partial charge in [0.1, 0.15) is 5.82 Å². The molecule has 0 fully saturated rings. The molecule has 0 amide bonds. The summed E-state index contributed by atoms with van der Waals surface area (Å²) in [5, 5.41) is 1.08. The molecule has 0 saturated heterocycles. The van der Waals surface area contributed by atoms with Crippen LogP contribution in [0.5, 0.6) is 0 Å². The van der Waals surface area contributed by atoms with E-state index < -0.39 is 0 Å². The Hall–Kier alpha value is -2.42. The number of pyridine rings is 2. The van der Waals surface area contributed by atoms with Crippen LogP contribution in [-0.4, -0.2) is 9.97 Å². The standard InChI is InChI=1S/C17H17N3/c1-11(2)12-7-8-19-16(10-12)14-3-5-15-13(9-14)4-6-17(18)20-15/h3-11H,1-2H3,(H2,18,20). The minimum atomic E-state index is 0.499. The van der Waals surface area contributed by atoms with E-state index in [1.807, 2.05) is 30.5 Å². The topological polar surface area (TPSA) is 51.8 Å². The average Bonchev–Trinajstić information content (AvgIpc) is 2.47. The van der Waals surface area contributed by atoms with Crippen molar-refractivity contribution < 1.29 is 0 Å². The summed E-state index contributed by atoms with van der Waals surface area (Å²) in [6.07, 6.45) is 1.87. The van der Waals surface area contributed by atoms with E-state index in [4.69, 9.17) is 5.73 Å². The summed E-state index contributed by atoms with van der Waals surface area (Å²) in [7, 11) is 0. The molecule has 0 aliphatic carbocycles. The molecule has 2 heterocycles. The van der Waals surface area contributed by atoms with Crippen LogP contribution in [0.1, 0.15) is 25.3 Å². The molecule has 0 saturated carbocycles. The molecule has 0 bridgehead atoms. The van der Waals surface area contributed by atoms with E-state index in [-0.39, 0.29) is 0 Å².